The Balaban J connectivity index is 2.06. The molecule has 144 valence electrons. The van der Waals surface area contributed by atoms with E-state index in [-0.39, 0.29) is 18.5 Å². The van der Waals surface area contributed by atoms with Gasteiger partial charge in [0, 0.05) is 6.54 Å². The van der Waals surface area contributed by atoms with E-state index in [4.69, 9.17) is 0 Å². The maximum Gasteiger partial charge on any atom is 0.244 e. The molecule has 0 aliphatic carbocycles. The van der Waals surface area contributed by atoms with Gasteiger partial charge < -0.3 is 10.2 Å². The van der Waals surface area contributed by atoms with E-state index in [2.05, 4.69) is 5.32 Å². The summed E-state index contributed by atoms with van der Waals surface area (Å²) in [5.74, 6) is -6.40. The third-order valence-electron chi connectivity index (χ3n) is 3.79. The van der Waals surface area contributed by atoms with Crippen molar-refractivity contribution in [3.8, 4) is 0 Å². The number of carbonyl (C=O) groups excluding carboxylic acids is 2. The summed E-state index contributed by atoms with van der Waals surface area (Å²) >= 11 is 0. The molecule has 0 aliphatic heterocycles. The van der Waals surface area contributed by atoms with E-state index in [0.717, 1.165) is 6.07 Å². The highest BCUT2D eigenvalue weighted by molar-refractivity contribution is 5.94. The van der Waals surface area contributed by atoms with Crippen molar-refractivity contribution in [3.05, 3.63) is 65.2 Å². The average molecular weight is 382 g/mol. The summed E-state index contributed by atoms with van der Waals surface area (Å²) in [6.45, 7) is 1.58. The van der Waals surface area contributed by atoms with Crippen molar-refractivity contribution in [1.29, 1.82) is 0 Å². The quantitative estimate of drug-likeness (QED) is 0.587. The van der Waals surface area contributed by atoms with Crippen molar-refractivity contribution in [2.24, 2.45) is 0 Å². The van der Waals surface area contributed by atoms with Gasteiger partial charge in [0.2, 0.25) is 11.8 Å². The van der Waals surface area contributed by atoms with Crippen LogP contribution in [0.3, 0.4) is 0 Å². The summed E-state index contributed by atoms with van der Waals surface area (Å²) in [5.41, 5.74) is -0.340. The fourth-order valence-corrected chi connectivity index (χ4v) is 2.46. The van der Waals surface area contributed by atoms with Crippen LogP contribution in [0.25, 0.3) is 0 Å². The van der Waals surface area contributed by atoms with Crippen LogP contribution in [0.2, 0.25) is 0 Å². The highest BCUT2D eigenvalue weighted by atomic mass is 19.2. The number of amides is 2. The number of carbonyl (C=O) groups is 2. The molecule has 8 heteroatoms. The van der Waals surface area contributed by atoms with Gasteiger partial charge in [0.15, 0.2) is 17.5 Å². The van der Waals surface area contributed by atoms with Crippen LogP contribution in [0, 0.1) is 23.3 Å². The van der Waals surface area contributed by atoms with E-state index in [1.165, 1.54) is 23.1 Å². The van der Waals surface area contributed by atoms with Gasteiger partial charge in [0.1, 0.15) is 5.82 Å². The van der Waals surface area contributed by atoms with Gasteiger partial charge in [-0.2, -0.15) is 0 Å². The second-order valence-corrected chi connectivity index (χ2v) is 5.85. The fourth-order valence-electron chi connectivity index (χ4n) is 2.46. The minimum Gasteiger partial charge on any atom is -0.333 e. The Bertz CT molecular complexity index is 842. The van der Waals surface area contributed by atoms with E-state index < -0.39 is 47.3 Å². The van der Waals surface area contributed by atoms with Gasteiger partial charge in [0.05, 0.1) is 18.7 Å². The Kier molecular flexibility index (Phi) is 6.92. The van der Waals surface area contributed by atoms with Gasteiger partial charge in [-0.25, -0.2) is 17.6 Å². The molecule has 2 aromatic carbocycles. The van der Waals surface area contributed by atoms with Crippen LogP contribution >= 0.6 is 0 Å². The lowest BCUT2D eigenvalue weighted by Crippen LogP contribution is -2.39. The van der Waals surface area contributed by atoms with Crippen LogP contribution in [0.15, 0.2) is 36.4 Å². The van der Waals surface area contributed by atoms with Gasteiger partial charge in [-0.05, 0) is 30.2 Å². The number of nitrogens with zero attached hydrogens (tertiary/aromatic N) is 1. The Morgan fingerprint density at radius 1 is 0.963 bits per heavy atom. The van der Waals surface area contributed by atoms with Crippen molar-refractivity contribution < 1.29 is 27.2 Å². The summed E-state index contributed by atoms with van der Waals surface area (Å²) < 4.78 is 53.5. The number of hydrogen-bond acceptors (Lipinski definition) is 2. The van der Waals surface area contributed by atoms with E-state index in [1.54, 1.807) is 13.0 Å². The zero-order valence-corrected chi connectivity index (χ0v) is 14.6. The smallest absolute Gasteiger partial charge is 0.244 e. The Hall–Kier alpha value is -2.90. The van der Waals surface area contributed by atoms with Gasteiger partial charge in [-0.1, -0.05) is 25.1 Å². The van der Waals surface area contributed by atoms with Crippen LogP contribution in [0.1, 0.15) is 18.9 Å². The Morgan fingerprint density at radius 2 is 1.67 bits per heavy atom. The van der Waals surface area contributed by atoms with Crippen LogP contribution in [0.5, 0.6) is 0 Å². The molecule has 0 aliphatic rings. The molecular formula is C19H18F4N2O2. The van der Waals surface area contributed by atoms with Gasteiger partial charge in [-0.15, -0.1) is 0 Å². The number of halogens is 4. The predicted molar refractivity (Wildman–Crippen MR) is 91.9 cm³/mol. The van der Waals surface area contributed by atoms with Crippen LogP contribution in [-0.2, 0) is 16.0 Å². The molecule has 0 bridgehead atoms. The maximum absolute atomic E-state index is 13.7. The highest BCUT2D eigenvalue weighted by Gasteiger charge is 2.20. The second-order valence-electron chi connectivity index (χ2n) is 5.85. The van der Waals surface area contributed by atoms with Gasteiger partial charge in [0.25, 0.3) is 0 Å². The first-order chi connectivity index (χ1) is 12.8. The molecule has 0 spiro atoms. The summed E-state index contributed by atoms with van der Waals surface area (Å²) in [5, 5.41) is 2.11. The lowest BCUT2D eigenvalue weighted by molar-refractivity contribution is -0.134. The monoisotopic (exact) mass is 382 g/mol. The second kappa shape index (κ2) is 9.16. The van der Waals surface area contributed by atoms with Crippen LogP contribution < -0.4 is 5.32 Å². The average Bonchev–Trinajstić information content (AvgIpc) is 2.63. The molecule has 2 rings (SSSR count). The summed E-state index contributed by atoms with van der Waals surface area (Å²) in [7, 11) is 0. The SMILES string of the molecule is CCCN(CC(=O)Nc1ccc(F)c(F)c1F)C(=O)Cc1ccccc1F. The largest absolute Gasteiger partial charge is 0.333 e. The molecule has 0 atom stereocenters. The lowest BCUT2D eigenvalue weighted by atomic mass is 10.1. The number of rotatable bonds is 7. The van der Waals surface area contributed by atoms with Crippen molar-refractivity contribution >= 4 is 17.5 Å². The van der Waals surface area contributed by atoms with E-state index in [9.17, 15) is 27.2 Å². The minimum absolute atomic E-state index is 0.190. The highest BCUT2D eigenvalue weighted by Crippen LogP contribution is 2.19. The third kappa shape index (κ3) is 5.29. The minimum atomic E-state index is -1.70. The molecule has 2 amide bonds. The summed E-state index contributed by atoms with van der Waals surface area (Å²) in [6.07, 6.45) is 0.301. The van der Waals surface area contributed by atoms with E-state index >= 15 is 0 Å². The molecule has 0 fully saturated rings. The normalized spacial score (nSPS) is 10.6. The zero-order valence-electron chi connectivity index (χ0n) is 14.6. The van der Waals surface area contributed by atoms with E-state index in [0.29, 0.717) is 12.5 Å². The fraction of sp³-hybridized carbons (Fsp3) is 0.263. The first-order valence-electron chi connectivity index (χ1n) is 8.28. The molecule has 0 unspecified atom stereocenters. The first-order valence-corrected chi connectivity index (χ1v) is 8.28. The maximum atomic E-state index is 13.7. The Labute approximate surface area is 153 Å². The predicted octanol–water partition coefficient (Wildman–Crippen LogP) is 3.66. The molecule has 4 nitrogen and oxygen atoms in total. The van der Waals surface area contributed by atoms with Crippen LogP contribution in [-0.4, -0.2) is 29.8 Å². The van der Waals surface area contributed by atoms with Crippen LogP contribution in [0.4, 0.5) is 23.2 Å². The first kappa shape index (κ1) is 20.4. The molecule has 0 heterocycles. The zero-order chi connectivity index (χ0) is 20.0. The van der Waals surface area contributed by atoms with Crippen molar-refractivity contribution in [2.45, 2.75) is 19.8 Å². The lowest BCUT2D eigenvalue weighted by Gasteiger charge is -2.22. The number of hydrogen-bond donors (Lipinski definition) is 1. The van der Waals surface area contributed by atoms with Crippen molar-refractivity contribution in [3.63, 3.8) is 0 Å². The molecule has 0 aromatic heterocycles. The third-order valence-corrected chi connectivity index (χ3v) is 3.79. The molecule has 0 saturated heterocycles. The van der Waals surface area contributed by atoms with E-state index in [1.807, 2.05) is 0 Å². The topological polar surface area (TPSA) is 49.4 Å². The standard InChI is InChI=1S/C19H18F4N2O2/c1-2-9-25(17(27)10-12-5-3-4-6-13(12)20)11-16(26)24-15-8-7-14(21)18(22)19(15)23/h3-8H,2,9-11H2,1H3,(H,24,26). The van der Waals surface area contributed by atoms with Gasteiger partial charge >= 0.3 is 0 Å². The number of anilines is 1. The number of nitrogens with one attached hydrogen (secondary N) is 1. The summed E-state index contributed by atoms with van der Waals surface area (Å²) in [4.78, 5) is 25.7. The van der Waals surface area contributed by atoms with Crippen molar-refractivity contribution in [2.75, 3.05) is 18.4 Å². The molecule has 2 aromatic rings. The Morgan fingerprint density at radius 3 is 2.33 bits per heavy atom. The molecule has 0 radical (unpaired) electrons. The molecule has 0 saturated carbocycles. The molecule has 27 heavy (non-hydrogen) atoms. The molecular weight excluding hydrogens is 364 g/mol. The van der Waals surface area contributed by atoms with Crippen molar-refractivity contribution in [1.82, 2.24) is 4.90 Å². The molecule has 1 N–H and O–H groups in total. The summed E-state index contributed by atoms with van der Waals surface area (Å²) in [6, 6.07) is 7.35. The number of benzene rings is 2. The van der Waals surface area contributed by atoms with Gasteiger partial charge in [-0.3, -0.25) is 9.59 Å².